The number of imidazole rings is 1. The number of piperidine rings is 1. The predicted molar refractivity (Wildman–Crippen MR) is 133 cm³/mol. The third kappa shape index (κ3) is 4.05. The number of benzene rings is 1. The van der Waals surface area contributed by atoms with Crippen molar-refractivity contribution in [3.63, 3.8) is 0 Å². The number of nitrogens with zero attached hydrogens (tertiary/aromatic N) is 5. The summed E-state index contributed by atoms with van der Waals surface area (Å²) in [5, 5.41) is 7.13. The molecule has 0 bridgehead atoms. The van der Waals surface area contributed by atoms with E-state index in [1.807, 2.05) is 11.3 Å². The third-order valence-electron chi connectivity index (χ3n) is 7.01. The Kier molecular flexibility index (Phi) is 5.82. The number of thiazole rings is 1. The van der Waals surface area contributed by atoms with Gasteiger partial charge in [0.2, 0.25) is 0 Å². The van der Waals surface area contributed by atoms with Gasteiger partial charge in [-0.1, -0.05) is 19.1 Å². The zero-order valence-electron chi connectivity index (χ0n) is 19.3. The summed E-state index contributed by atoms with van der Waals surface area (Å²) in [6.07, 6.45) is 6.80. The minimum Gasteiger partial charge on any atom is -0.378 e. The van der Waals surface area contributed by atoms with Crippen LogP contribution in [0.5, 0.6) is 0 Å². The molecule has 0 spiro atoms. The maximum atomic E-state index is 5.66. The fourth-order valence-corrected chi connectivity index (χ4v) is 6.45. The number of hydrogen-bond acceptors (Lipinski definition) is 7. The van der Waals surface area contributed by atoms with Crippen molar-refractivity contribution in [3.8, 4) is 0 Å². The molecule has 3 aromatic rings. The number of nitrogens with one attached hydrogen (secondary N) is 1. The van der Waals surface area contributed by atoms with Crippen LogP contribution < -0.4 is 10.3 Å². The Morgan fingerprint density at radius 1 is 1.12 bits per heavy atom. The van der Waals surface area contributed by atoms with Crippen LogP contribution in [-0.2, 0) is 24.1 Å². The van der Waals surface area contributed by atoms with Crippen LogP contribution in [-0.4, -0.2) is 58.9 Å². The second-order valence-corrected chi connectivity index (χ2v) is 10.3. The molecule has 0 unspecified atom stereocenters. The van der Waals surface area contributed by atoms with Gasteiger partial charge in [0.1, 0.15) is 11.5 Å². The predicted octanol–water partition coefficient (Wildman–Crippen LogP) is 3.38. The van der Waals surface area contributed by atoms with Gasteiger partial charge in [0.25, 0.3) is 0 Å². The molecule has 5 heterocycles. The highest BCUT2D eigenvalue weighted by Gasteiger charge is 2.29. The first-order valence-corrected chi connectivity index (χ1v) is 13.1. The molecule has 174 valence electrons. The summed E-state index contributed by atoms with van der Waals surface area (Å²) in [5.74, 6) is 1.84. The Hall–Kier alpha value is -2.42. The Labute approximate surface area is 199 Å². The first kappa shape index (κ1) is 21.1. The lowest BCUT2D eigenvalue weighted by Crippen LogP contribution is -2.40. The number of para-hydroxylation sites is 2. The molecule has 0 amide bonds. The number of aromatic nitrogens is 3. The number of morpholine rings is 1. The van der Waals surface area contributed by atoms with E-state index in [0.717, 1.165) is 81.6 Å². The second kappa shape index (κ2) is 9.08. The van der Waals surface area contributed by atoms with Crippen molar-refractivity contribution >= 4 is 28.1 Å². The standard InChI is InChI=1S/C25H32N6OS/c1-2-23-27-19-5-3-4-6-20(19)31(23)30-16-21(29-11-13-32-14-12-29)25-22(17-30)33-24(28-25)15-18-7-9-26-10-8-18/h3-6,16,18,26H,2,7-15,17H2,1H3. The van der Waals surface area contributed by atoms with Crippen molar-refractivity contribution in [2.75, 3.05) is 44.4 Å². The van der Waals surface area contributed by atoms with Crippen molar-refractivity contribution in [1.82, 2.24) is 24.9 Å². The summed E-state index contributed by atoms with van der Waals surface area (Å²) in [5.41, 5.74) is 4.63. The molecule has 0 saturated carbocycles. The minimum atomic E-state index is 0.745. The average Bonchev–Trinajstić information content (AvgIpc) is 3.45. The molecule has 33 heavy (non-hydrogen) atoms. The summed E-state index contributed by atoms with van der Waals surface area (Å²) in [6, 6.07) is 8.45. The molecule has 1 aromatic carbocycles. The van der Waals surface area contributed by atoms with Gasteiger partial charge in [-0.05, 0) is 44.0 Å². The van der Waals surface area contributed by atoms with Gasteiger partial charge in [-0.15, -0.1) is 11.3 Å². The van der Waals surface area contributed by atoms with E-state index in [1.54, 1.807) is 0 Å². The van der Waals surface area contributed by atoms with Crippen LogP contribution in [0, 0.1) is 5.92 Å². The molecule has 3 aliphatic heterocycles. The normalized spacial score (nSPS) is 19.7. The average molecular weight is 465 g/mol. The van der Waals surface area contributed by atoms with Crippen LogP contribution in [0.1, 0.15) is 41.2 Å². The molecule has 8 heteroatoms. The molecule has 0 atom stereocenters. The van der Waals surface area contributed by atoms with Crippen LogP contribution >= 0.6 is 11.3 Å². The molecule has 1 N–H and O–H groups in total. The van der Waals surface area contributed by atoms with E-state index in [0.29, 0.717) is 0 Å². The highest BCUT2D eigenvalue weighted by molar-refractivity contribution is 7.11. The zero-order chi connectivity index (χ0) is 22.2. The lowest BCUT2D eigenvalue weighted by Gasteiger charge is -2.35. The van der Waals surface area contributed by atoms with Crippen molar-refractivity contribution in [1.29, 1.82) is 0 Å². The number of ether oxygens (including phenoxy) is 1. The zero-order valence-corrected chi connectivity index (χ0v) is 20.1. The SMILES string of the molecule is CCc1nc2ccccc2n1N1C=C(N2CCOCC2)c2nc(CC3CCNCC3)sc2C1. The Morgan fingerprint density at radius 2 is 1.94 bits per heavy atom. The lowest BCUT2D eigenvalue weighted by atomic mass is 9.95. The monoisotopic (exact) mass is 464 g/mol. The van der Waals surface area contributed by atoms with Gasteiger partial charge >= 0.3 is 0 Å². The summed E-state index contributed by atoms with van der Waals surface area (Å²) in [7, 11) is 0. The molecule has 2 fully saturated rings. The van der Waals surface area contributed by atoms with E-state index in [2.05, 4.69) is 57.3 Å². The third-order valence-corrected chi connectivity index (χ3v) is 8.07. The smallest absolute Gasteiger partial charge is 0.129 e. The number of hydrogen-bond donors (Lipinski definition) is 1. The van der Waals surface area contributed by atoms with Gasteiger partial charge in [-0.3, -0.25) is 5.01 Å². The molecule has 6 rings (SSSR count). The topological polar surface area (TPSA) is 58.5 Å². The van der Waals surface area contributed by atoms with E-state index in [1.165, 1.54) is 34.1 Å². The highest BCUT2D eigenvalue weighted by atomic mass is 32.1. The summed E-state index contributed by atoms with van der Waals surface area (Å²) in [4.78, 5) is 14.0. The largest absolute Gasteiger partial charge is 0.378 e. The molecular formula is C25H32N6OS. The Bertz CT molecular complexity index is 1160. The van der Waals surface area contributed by atoms with Crippen molar-refractivity contribution in [3.05, 3.63) is 51.9 Å². The highest BCUT2D eigenvalue weighted by Crippen LogP contribution is 2.35. The lowest BCUT2D eigenvalue weighted by molar-refractivity contribution is 0.0636. The number of fused-ring (bicyclic) bond motifs is 2. The first-order valence-electron chi connectivity index (χ1n) is 12.3. The molecule has 7 nitrogen and oxygen atoms in total. The summed E-state index contributed by atoms with van der Waals surface area (Å²) >= 11 is 1.91. The number of aryl methyl sites for hydroxylation is 1. The second-order valence-electron chi connectivity index (χ2n) is 9.17. The van der Waals surface area contributed by atoms with Crippen molar-refractivity contribution in [2.24, 2.45) is 5.92 Å². The van der Waals surface area contributed by atoms with Crippen molar-refractivity contribution < 1.29 is 4.74 Å². The van der Waals surface area contributed by atoms with E-state index in [-0.39, 0.29) is 0 Å². The maximum Gasteiger partial charge on any atom is 0.129 e. The molecule has 0 radical (unpaired) electrons. The van der Waals surface area contributed by atoms with Crippen LogP contribution in [0.2, 0.25) is 0 Å². The molecule has 2 saturated heterocycles. The molecule has 3 aliphatic rings. The van der Waals surface area contributed by atoms with E-state index < -0.39 is 0 Å². The quantitative estimate of drug-likeness (QED) is 0.625. The van der Waals surface area contributed by atoms with Crippen LogP contribution in [0.4, 0.5) is 0 Å². The summed E-state index contributed by atoms with van der Waals surface area (Å²) < 4.78 is 7.97. The van der Waals surface area contributed by atoms with Gasteiger partial charge in [-0.2, -0.15) is 0 Å². The fraction of sp³-hybridized carbons (Fsp3) is 0.520. The van der Waals surface area contributed by atoms with Crippen LogP contribution in [0.25, 0.3) is 16.7 Å². The molecule has 0 aliphatic carbocycles. The van der Waals surface area contributed by atoms with Crippen LogP contribution in [0.15, 0.2) is 30.5 Å². The first-order chi connectivity index (χ1) is 16.3. The van der Waals surface area contributed by atoms with Gasteiger partial charge < -0.3 is 15.0 Å². The maximum absolute atomic E-state index is 5.66. The van der Waals surface area contributed by atoms with Crippen LogP contribution in [0.3, 0.4) is 0 Å². The van der Waals surface area contributed by atoms with E-state index >= 15 is 0 Å². The number of rotatable bonds is 5. The summed E-state index contributed by atoms with van der Waals surface area (Å²) in [6.45, 7) is 8.65. The van der Waals surface area contributed by atoms with E-state index in [9.17, 15) is 0 Å². The Morgan fingerprint density at radius 3 is 2.76 bits per heavy atom. The van der Waals surface area contributed by atoms with Crippen molar-refractivity contribution in [2.45, 2.75) is 39.2 Å². The molecule has 2 aromatic heterocycles. The minimum absolute atomic E-state index is 0.745. The molecular weight excluding hydrogens is 432 g/mol. The Balaban J connectivity index is 1.39. The van der Waals surface area contributed by atoms with E-state index in [4.69, 9.17) is 14.7 Å². The van der Waals surface area contributed by atoms with Gasteiger partial charge in [0, 0.05) is 32.1 Å². The van der Waals surface area contributed by atoms with Gasteiger partial charge in [0.05, 0.1) is 46.4 Å². The fourth-order valence-electron chi connectivity index (χ4n) is 5.27. The van der Waals surface area contributed by atoms with Gasteiger partial charge in [-0.25, -0.2) is 14.6 Å². The van der Waals surface area contributed by atoms with Gasteiger partial charge in [0.15, 0.2) is 0 Å².